The second-order valence-electron chi connectivity index (χ2n) is 8.49. The Bertz CT molecular complexity index is 946. The Balaban J connectivity index is 1.53. The van der Waals surface area contributed by atoms with Gasteiger partial charge in [0.05, 0.1) is 17.8 Å². The second-order valence-corrected chi connectivity index (χ2v) is 8.49. The molecule has 0 spiro atoms. The summed E-state index contributed by atoms with van der Waals surface area (Å²) in [7, 11) is 0. The summed E-state index contributed by atoms with van der Waals surface area (Å²) in [5, 5.41) is 9.97. The van der Waals surface area contributed by atoms with Crippen LogP contribution in [-0.4, -0.2) is 45.0 Å². The molecule has 29 heavy (non-hydrogen) atoms. The third-order valence-electron chi connectivity index (χ3n) is 6.07. The number of nitrogens with zero attached hydrogens (tertiary/aromatic N) is 3. The van der Waals surface area contributed by atoms with Gasteiger partial charge in [0.25, 0.3) is 5.91 Å². The standard InChI is InChI=1S/C21H26FN5O2/c1-13-7-9-26(10-8-13)20(29)27-12-16-17(21(27,2)3)24-25-18(16)23-19(28)14-5-4-6-15(22)11-14/h4-6,11,13H,7-10,12H2,1-3H3,(H2,23,24,25,28). The number of anilines is 1. The number of hydrogen-bond acceptors (Lipinski definition) is 3. The van der Waals surface area contributed by atoms with Crippen LogP contribution in [0.15, 0.2) is 24.3 Å². The van der Waals surface area contributed by atoms with E-state index in [-0.39, 0.29) is 11.6 Å². The molecule has 0 radical (unpaired) electrons. The van der Waals surface area contributed by atoms with Gasteiger partial charge in [-0.15, -0.1) is 0 Å². The fourth-order valence-corrected chi connectivity index (χ4v) is 4.11. The molecule has 0 atom stereocenters. The maximum Gasteiger partial charge on any atom is 0.321 e. The molecular formula is C21H26FN5O2. The highest BCUT2D eigenvalue weighted by atomic mass is 19.1. The largest absolute Gasteiger partial charge is 0.325 e. The van der Waals surface area contributed by atoms with E-state index in [9.17, 15) is 14.0 Å². The van der Waals surface area contributed by atoms with E-state index in [2.05, 4.69) is 22.4 Å². The van der Waals surface area contributed by atoms with E-state index in [0.717, 1.165) is 37.2 Å². The van der Waals surface area contributed by atoms with Crippen LogP contribution in [0, 0.1) is 11.7 Å². The van der Waals surface area contributed by atoms with Gasteiger partial charge in [-0.1, -0.05) is 13.0 Å². The van der Waals surface area contributed by atoms with Crippen LogP contribution < -0.4 is 5.32 Å². The molecule has 8 heteroatoms. The van der Waals surface area contributed by atoms with Crippen molar-refractivity contribution in [2.24, 2.45) is 5.92 Å². The zero-order valence-electron chi connectivity index (χ0n) is 17.0. The number of piperidine rings is 1. The van der Waals surface area contributed by atoms with E-state index in [4.69, 9.17) is 0 Å². The normalized spacial score (nSPS) is 18.6. The number of aromatic nitrogens is 2. The molecular weight excluding hydrogens is 373 g/mol. The Morgan fingerprint density at radius 1 is 1.28 bits per heavy atom. The van der Waals surface area contributed by atoms with Gasteiger partial charge in [0, 0.05) is 24.2 Å². The number of hydrogen-bond donors (Lipinski definition) is 2. The zero-order chi connectivity index (χ0) is 20.8. The van der Waals surface area contributed by atoms with Crippen molar-refractivity contribution in [2.45, 2.75) is 45.7 Å². The fraction of sp³-hybridized carbons (Fsp3) is 0.476. The lowest BCUT2D eigenvalue weighted by Crippen LogP contribution is -2.50. The molecule has 3 heterocycles. The van der Waals surface area contributed by atoms with Gasteiger partial charge in [-0.05, 0) is 50.8 Å². The summed E-state index contributed by atoms with van der Waals surface area (Å²) in [5.41, 5.74) is 1.25. The van der Waals surface area contributed by atoms with Crippen molar-refractivity contribution in [3.8, 4) is 0 Å². The van der Waals surface area contributed by atoms with Crippen LogP contribution in [0.4, 0.5) is 15.0 Å². The summed E-state index contributed by atoms with van der Waals surface area (Å²) in [6.07, 6.45) is 2.03. The van der Waals surface area contributed by atoms with Gasteiger partial charge in [0.15, 0.2) is 5.82 Å². The molecule has 2 aliphatic heterocycles. The van der Waals surface area contributed by atoms with E-state index in [1.165, 1.54) is 18.2 Å². The van der Waals surface area contributed by atoms with Gasteiger partial charge >= 0.3 is 6.03 Å². The average Bonchev–Trinajstić information content (AvgIpc) is 3.20. The first-order valence-electron chi connectivity index (χ1n) is 9.98. The van der Waals surface area contributed by atoms with E-state index < -0.39 is 17.3 Å². The van der Waals surface area contributed by atoms with Crippen LogP contribution in [0.3, 0.4) is 0 Å². The molecule has 0 aliphatic carbocycles. The van der Waals surface area contributed by atoms with Gasteiger partial charge in [0.2, 0.25) is 0 Å². The topological polar surface area (TPSA) is 81.3 Å². The summed E-state index contributed by atoms with van der Waals surface area (Å²) in [4.78, 5) is 29.4. The Labute approximate surface area is 169 Å². The lowest BCUT2D eigenvalue weighted by molar-refractivity contribution is 0.0949. The molecule has 2 aliphatic rings. The minimum atomic E-state index is -0.565. The minimum absolute atomic E-state index is 0.00825. The molecule has 1 saturated heterocycles. The Morgan fingerprint density at radius 2 is 2.00 bits per heavy atom. The monoisotopic (exact) mass is 399 g/mol. The number of rotatable bonds is 2. The number of H-pyrrole nitrogens is 1. The van der Waals surface area contributed by atoms with Gasteiger partial charge in [0.1, 0.15) is 5.82 Å². The molecule has 2 aromatic rings. The summed E-state index contributed by atoms with van der Waals surface area (Å²) in [5.74, 6) is 0.113. The molecule has 1 aromatic carbocycles. The number of benzene rings is 1. The smallest absolute Gasteiger partial charge is 0.321 e. The quantitative estimate of drug-likeness (QED) is 0.808. The summed E-state index contributed by atoms with van der Waals surface area (Å²) in [6, 6.07) is 5.51. The van der Waals surface area contributed by atoms with E-state index in [1.807, 2.05) is 23.6 Å². The van der Waals surface area contributed by atoms with E-state index in [1.54, 1.807) is 6.07 Å². The number of likely N-dealkylation sites (tertiary alicyclic amines) is 1. The highest BCUT2D eigenvalue weighted by Gasteiger charge is 2.45. The molecule has 4 rings (SSSR count). The molecule has 0 unspecified atom stereocenters. The Morgan fingerprint density at radius 3 is 2.69 bits per heavy atom. The molecule has 154 valence electrons. The van der Waals surface area contributed by atoms with Gasteiger partial charge in [-0.3, -0.25) is 9.89 Å². The highest BCUT2D eigenvalue weighted by molar-refractivity contribution is 6.04. The summed E-state index contributed by atoms with van der Waals surface area (Å²) >= 11 is 0. The SMILES string of the molecule is CC1CCN(C(=O)N2Cc3c(NC(=O)c4cccc(F)c4)n[nH]c3C2(C)C)CC1. The van der Waals surface area contributed by atoms with Gasteiger partial charge < -0.3 is 15.1 Å². The molecule has 2 N–H and O–H groups in total. The molecule has 3 amide bonds. The molecule has 0 bridgehead atoms. The van der Waals surface area contributed by atoms with Crippen molar-refractivity contribution < 1.29 is 14.0 Å². The number of urea groups is 1. The van der Waals surface area contributed by atoms with Crippen molar-refractivity contribution >= 4 is 17.8 Å². The van der Waals surface area contributed by atoms with Crippen LogP contribution in [-0.2, 0) is 12.1 Å². The lowest BCUT2D eigenvalue weighted by atomic mass is 9.99. The molecule has 1 fully saturated rings. The summed E-state index contributed by atoms with van der Waals surface area (Å²) < 4.78 is 13.4. The number of carbonyl (C=O) groups is 2. The number of amides is 3. The number of carbonyl (C=O) groups excluding carboxylic acids is 2. The van der Waals surface area contributed by atoms with Crippen molar-refractivity contribution in [3.63, 3.8) is 0 Å². The maximum atomic E-state index is 13.4. The van der Waals surface area contributed by atoms with Crippen LogP contribution in [0.5, 0.6) is 0 Å². The third-order valence-corrected chi connectivity index (χ3v) is 6.07. The first-order chi connectivity index (χ1) is 13.8. The zero-order valence-corrected chi connectivity index (χ0v) is 17.0. The van der Waals surface area contributed by atoms with Crippen molar-refractivity contribution in [1.82, 2.24) is 20.0 Å². The predicted molar refractivity (Wildman–Crippen MR) is 107 cm³/mol. The predicted octanol–water partition coefficient (Wildman–Crippen LogP) is 3.70. The van der Waals surface area contributed by atoms with Gasteiger partial charge in [-0.25, -0.2) is 9.18 Å². The maximum absolute atomic E-state index is 13.4. The summed E-state index contributed by atoms with van der Waals surface area (Å²) in [6.45, 7) is 8.05. The third kappa shape index (κ3) is 3.47. The van der Waals surface area contributed by atoms with Crippen molar-refractivity contribution in [3.05, 3.63) is 46.9 Å². The molecule has 7 nitrogen and oxygen atoms in total. The van der Waals surface area contributed by atoms with E-state index >= 15 is 0 Å². The van der Waals surface area contributed by atoms with Crippen LogP contribution in [0.1, 0.15) is 55.2 Å². The number of halogens is 1. The first kappa shape index (κ1) is 19.4. The molecule has 0 saturated carbocycles. The average molecular weight is 399 g/mol. The highest BCUT2D eigenvalue weighted by Crippen LogP contribution is 2.41. The van der Waals surface area contributed by atoms with E-state index in [0.29, 0.717) is 18.3 Å². The Hall–Kier alpha value is -2.90. The van der Waals surface area contributed by atoms with Crippen LogP contribution in [0.25, 0.3) is 0 Å². The number of nitrogens with one attached hydrogen (secondary N) is 2. The van der Waals surface area contributed by atoms with Crippen LogP contribution >= 0.6 is 0 Å². The fourth-order valence-electron chi connectivity index (χ4n) is 4.11. The molecule has 1 aromatic heterocycles. The van der Waals surface area contributed by atoms with Gasteiger partial charge in [-0.2, -0.15) is 5.10 Å². The minimum Gasteiger partial charge on any atom is -0.325 e. The number of aromatic amines is 1. The lowest BCUT2D eigenvalue weighted by Gasteiger charge is -2.38. The Kier molecular flexibility index (Phi) is 4.80. The second kappa shape index (κ2) is 7.17. The van der Waals surface area contributed by atoms with Crippen molar-refractivity contribution in [1.29, 1.82) is 0 Å². The first-order valence-corrected chi connectivity index (χ1v) is 9.98. The van der Waals surface area contributed by atoms with Crippen LogP contribution in [0.2, 0.25) is 0 Å². The number of fused-ring (bicyclic) bond motifs is 1. The van der Waals surface area contributed by atoms with Crippen molar-refractivity contribution in [2.75, 3.05) is 18.4 Å².